The predicted octanol–water partition coefficient (Wildman–Crippen LogP) is 5.67. The third-order valence-corrected chi connectivity index (χ3v) is 7.85. The molecular formula is C28H32N2O3S. The first-order valence-electron chi connectivity index (χ1n) is 11.8. The summed E-state index contributed by atoms with van der Waals surface area (Å²) in [4.78, 5) is 27.3. The van der Waals surface area contributed by atoms with E-state index in [4.69, 9.17) is 10.5 Å². The van der Waals surface area contributed by atoms with Crippen LogP contribution in [-0.4, -0.2) is 25.0 Å². The van der Waals surface area contributed by atoms with Crippen LogP contribution < -0.4 is 11.1 Å². The normalized spacial score (nSPS) is 17.9. The Hall–Kier alpha value is -3.12. The number of methoxy groups -OCH3 is 1. The summed E-state index contributed by atoms with van der Waals surface area (Å²) in [6, 6.07) is 16.4. The second kappa shape index (κ2) is 10.4. The van der Waals surface area contributed by atoms with Gasteiger partial charge in [0, 0.05) is 27.0 Å². The van der Waals surface area contributed by atoms with Crippen molar-refractivity contribution in [3.05, 3.63) is 75.0 Å². The molecule has 3 aromatic rings. The fourth-order valence-corrected chi connectivity index (χ4v) is 6.02. The van der Waals surface area contributed by atoms with Gasteiger partial charge in [-0.15, -0.1) is 11.3 Å². The highest BCUT2D eigenvalue weighted by molar-refractivity contribution is 7.12. The van der Waals surface area contributed by atoms with Gasteiger partial charge in [-0.25, -0.2) is 0 Å². The molecule has 1 saturated carbocycles. The highest BCUT2D eigenvalue weighted by Crippen LogP contribution is 2.33. The number of nitrogen functional groups attached to an aromatic ring is 1. The lowest BCUT2D eigenvalue weighted by atomic mass is 9.86. The minimum atomic E-state index is -0.145. The lowest BCUT2D eigenvalue weighted by Gasteiger charge is -2.27. The molecule has 0 saturated heterocycles. The fourth-order valence-electron chi connectivity index (χ4n) is 4.95. The number of thiophene rings is 1. The Balaban J connectivity index is 1.49. The summed E-state index contributed by atoms with van der Waals surface area (Å²) in [7, 11) is 1.43. The quantitative estimate of drug-likeness (QED) is 0.355. The van der Waals surface area contributed by atoms with Gasteiger partial charge < -0.3 is 15.8 Å². The molecule has 1 fully saturated rings. The molecule has 0 spiro atoms. The van der Waals surface area contributed by atoms with Gasteiger partial charge in [-0.1, -0.05) is 42.5 Å². The van der Waals surface area contributed by atoms with E-state index in [-0.39, 0.29) is 23.8 Å². The molecule has 3 N–H and O–H groups in total. The maximum absolute atomic E-state index is 13.3. The second-order valence-corrected chi connectivity index (χ2v) is 10.5. The number of amides is 1. The summed E-state index contributed by atoms with van der Waals surface area (Å²) in [6.45, 7) is 4.09. The third-order valence-electron chi connectivity index (χ3n) is 6.79. The van der Waals surface area contributed by atoms with Crippen LogP contribution >= 0.6 is 11.3 Å². The van der Waals surface area contributed by atoms with Crippen molar-refractivity contribution in [1.82, 2.24) is 5.32 Å². The number of benzene rings is 2. The molecule has 1 aliphatic rings. The van der Waals surface area contributed by atoms with Crippen LogP contribution in [-0.2, 0) is 16.0 Å². The van der Waals surface area contributed by atoms with Crippen molar-refractivity contribution >= 4 is 28.9 Å². The first-order valence-corrected chi connectivity index (χ1v) is 12.6. The summed E-state index contributed by atoms with van der Waals surface area (Å²) in [5, 5.41) is 3.23. The molecule has 0 aliphatic heterocycles. The van der Waals surface area contributed by atoms with Crippen molar-refractivity contribution in [1.29, 1.82) is 0 Å². The van der Waals surface area contributed by atoms with Gasteiger partial charge in [-0.2, -0.15) is 0 Å². The smallest absolute Gasteiger partial charge is 0.308 e. The average molecular weight is 477 g/mol. The Morgan fingerprint density at radius 1 is 1.03 bits per heavy atom. The van der Waals surface area contributed by atoms with Crippen LogP contribution in [0.15, 0.2) is 48.5 Å². The average Bonchev–Trinajstić information content (AvgIpc) is 3.12. The number of anilines is 1. The Morgan fingerprint density at radius 3 is 2.38 bits per heavy atom. The summed E-state index contributed by atoms with van der Waals surface area (Å²) >= 11 is 1.66. The van der Waals surface area contributed by atoms with E-state index in [0.29, 0.717) is 6.42 Å². The molecule has 0 unspecified atom stereocenters. The number of carbonyl (C=O) groups excluding carboxylic acids is 2. The van der Waals surface area contributed by atoms with Gasteiger partial charge >= 0.3 is 5.97 Å². The molecule has 0 atom stereocenters. The minimum absolute atomic E-state index is 0.0211. The lowest BCUT2D eigenvalue weighted by Crippen LogP contribution is -2.39. The number of hydrogen-bond donors (Lipinski definition) is 2. The molecule has 1 aliphatic carbocycles. The van der Waals surface area contributed by atoms with E-state index >= 15 is 0 Å². The first kappa shape index (κ1) is 24.0. The Bertz CT molecular complexity index is 1180. The lowest BCUT2D eigenvalue weighted by molar-refractivity contribution is -0.146. The zero-order valence-corrected chi connectivity index (χ0v) is 20.8. The Morgan fingerprint density at radius 2 is 1.74 bits per heavy atom. The van der Waals surface area contributed by atoms with Gasteiger partial charge in [0.05, 0.1) is 18.6 Å². The van der Waals surface area contributed by atoms with Crippen molar-refractivity contribution in [2.75, 3.05) is 12.8 Å². The number of nitrogens with one attached hydrogen (secondary N) is 1. The van der Waals surface area contributed by atoms with Crippen molar-refractivity contribution in [2.24, 2.45) is 5.92 Å². The highest BCUT2D eigenvalue weighted by atomic mass is 32.1. The van der Waals surface area contributed by atoms with Crippen molar-refractivity contribution < 1.29 is 14.3 Å². The van der Waals surface area contributed by atoms with Gasteiger partial charge in [0.25, 0.3) is 5.91 Å². The van der Waals surface area contributed by atoms with Crippen LogP contribution in [0.25, 0.3) is 11.1 Å². The number of carbonyl (C=O) groups is 2. The van der Waals surface area contributed by atoms with E-state index in [1.165, 1.54) is 7.11 Å². The number of nitrogens with two attached hydrogens (primary N) is 1. The maximum Gasteiger partial charge on any atom is 0.308 e. The number of aryl methyl sites for hydroxylation is 2. The molecule has 0 radical (unpaired) electrons. The fraction of sp³-hybridized carbons (Fsp3) is 0.357. The zero-order valence-electron chi connectivity index (χ0n) is 20.0. The van der Waals surface area contributed by atoms with Crippen LogP contribution in [0.3, 0.4) is 0 Å². The maximum atomic E-state index is 13.3. The van der Waals surface area contributed by atoms with Gasteiger partial charge in [-0.3, -0.25) is 9.59 Å². The van der Waals surface area contributed by atoms with Crippen LogP contribution in [0.4, 0.5) is 5.69 Å². The topological polar surface area (TPSA) is 81.4 Å². The van der Waals surface area contributed by atoms with E-state index < -0.39 is 0 Å². The molecule has 2 aromatic carbocycles. The van der Waals surface area contributed by atoms with Crippen molar-refractivity contribution in [2.45, 2.75) is 52.0 Å². The van der Waals surface area contributed by atoms with Crippen LogP contribution in [0.2, 0.25) is 0 Å². The van der Waals surface area contributed by atoms with Gasteiger partial charge in [0.15, 0.2) is 0 Å². The summed E-state index contributed by atoms with van der Waals surface area (Å²) < 4.78 is 4.87. The van der Waals surface area contributed by atoms with Crippen LogP contribution in [0.5, 0.6) is 0 Å². The number of hydrogen-bond acceptors (Lipinski definition) is 5. The monoisotopic (exact) mass is 476 g/mol. The number of esters is 1. The van der Waals surface area contributed by atoms with Gasteiger partial charge in [0.1, 0.15) is 0 Å². The summed E-state index contributed by atoms with van der Waals surface area (Å²) in [5.74, 6) is -0.218. The molecule has 0 bridgehead atoms. The van der Waals surface area contributed by atoms with Crippen molar-refractivity contribution in [3.8, 4) is 11.1 Å². The molecule has 1 heterocycles. The van der Waals surface area contributed by atoms with Crippen LogP contribution in [0, 0.1) is 19.8 Å². The van der Waals surface area contributed by atoms with E-state index in [0.717, 1.165) is 68.9 Å². The van der Waals surface area contributed by atoms with Gasteiger partial charge in [-0.05, 0) is 68.7 Å². The molecular weight excluding hydrogens is 444 g/mol. The minimum Gasteiger partial charge on any atom is -0.469 e. The molecule has 34 heavy (non-hydrogen) atoms. The summed E-state index contributed by atoms with van der Waals surface area (Å²) in [5.41, 5.74) is 12.2. The van der Waals surface area contributed by atoms with E-state index in [1.54, 1.807) is 11.3 Å². The zero-order chi connectivity index (χ0) is 24.2. The second-order valence-electron chi connectivity index (χ2n) is 9.08. The SMILES string of the molecule is COC(=O)C1CCC(NC(=O)c2c(C)sc(C)c2Cc2ccc(-c3ccccc3)c(N)c2)CC1. The first-order chi connectivity index (χ1) is 16.4. The number of ether oxygens (including phenoxy) is 1. The predicted molar refractivity (Wildman–Crippen MR) is 138 cm³/mol. The van der Waals surface area contributed by atoms with E-state index in [2.05, 4.69) is 36.5 Å². The highest BCUT2D eigenvalue weighted by Gasteiger charge is 2.29. The molecule has 1 amide bonds. The van der Waals surface area contributed by atoms with E-state index in [1.807, 2.05) is 31.2 Å². The molecule has 6 heteroatoms. The van der Waals surface area contributed by atoms with E-state index in [9.17, 15) is 9.59 Å². The Labute approximate surface area is 205 Å². The van der Waals surface area contributed by atoms with Crippen molar-refractivity contribution in [3.63, 3.8) is 0 Å². The Kier molecular flexibility index (Phi) is 7.37. The van der Waals surface area contributed by atoms with Gasteiger partial charge in [0.2, 0.25) is 0 Å². The molecule has 1 aromatic heterocycles. The molecule has 178 valence electrons. The standard InChI is InChI=1S/C28H32N2O3S/c1-17-24(15-19-9-14-23(25(29)16-19)20-7-5-4-6-8-20)26(18(2)34-17)27(31)30-22-12-10-21(11-13-22)28(32)33-3/h4-9,14,16,21-22H,10-13,15,29H2,1-3H3,(H,30,31). The summed E-state index contributed by atoms with van der Waals surface area (Å²) in [6.07, 6.45) is 3.74. The van der Waals surface area contributed by atoms with Crippen LogP contribution in [0.1, 0.15) is 56.9 Å². The third kappa shape index (κ3) is 5.17. The largest absolute Gasteiger partial charge is 0.469 e. The molecule has 5 nitrogen and oxygen atoms in total. The molecule has 4 rings (SSSR count). The number of rotatable bonds is 6.